The summed E-state index contributed by atoms with van der Waals surface area (Å²) in [6, 6.07) is 20.5. The van der Waals surface area contributed by atoms with Crippen LogP contribution in [0.4, 0.5) is 5.13 Å². The van der Waals surface area contributed by atoms with E-state index in [1.807, 2.05) is 38.1 Å². The maximum atomic E-state index is 13.5. The molecule has 1 amide bonds. The van der Waals surface area contributed by atoms with Crippen LogP contribution in [0.2, 0.25) is 5.02 Å². The number of hydrogen-bond acceptors (Lipinski definition) is 9. The molecule has 0 radical (unpaired) electrons. The number of rotatable bonds is 11. The maximum Gasteiger partial charge on any atom is 0.301 e. The summed E-state index contributed by atoms with van der Waals surface area (Å²) in [6.07, 6.45) is 0.861. The fraction of sp³-hybridized carbons (Fsp3) is 0.226. The average Bonchev–Trinajstić information content (AvgIpc) is 3.58. The van der Waals surface area contributed by atoms with Crippen LogP contribution in [0.1, 0.15) is 43.0 Å². The van der Waals surface area contributed by atoms with Gasteiger partial charge in [0.05, 0.1) is 24.8 Å². The van der Waals surface area contributed by atoms with Gasteiger partial charge in [-0.15, -0.1) is 10.2 Å². The van der Waals surface area contributed by atoms with Crippen LogP contribution in [0, 0.1) is 0 Å². The monoisotopic (exact) mass is 621 g/mol. The number of nitrogens with zero attached hydrogens (tertiary/aromatic N) is 3. The highest BCUT2D eigenvalue weighted by Crippen LogP contribution is 2.44. The number of halogens is 1. The number of hydrogen-bond donors (Lipinski definition) is 1. The molecular weight excluding hydrogens is 594 g/mol. The van der Waals surface area contributed by atoms with Gasteiger partial charge in [-0.1, -0.05) is 65.9 Å². The Morgan fingerprint density at radius 3 is 2.29 bits per heavy atom. The number of amides is 1. The number of anilines is 1. The summed E-state index contributed by atoms with van der Waals surface area (Å²) in [5.74, 6) is 0.0583. The molecule has 1 N–H and O–H groups in total. The molecule has 4 aromatic rings. The molecule has 0 saturated carbocycles. The summed E-state index contributed by atoms with van der Waals surface area (Å²) in [7, 11) is 0. The maximum absolute atomic E-state index is 13.5. The molecule has 1 aliphatic rings. The van der Waals surface area contributed by atoms with Crippen molar-refractivity contribution < 1.29 is 24.2 Å². The van der Waals surface area contributed by atoms with Gasteiger partial charge in [-0.05, 0) is 73.0 Å². The van der Waals surface area contributed by atoms with Crippen LogP contribution >= 0.6 is 34.7 Å². The Kier molecular flexibility index (Phi) is 9.46. The minimum absolute atomic E-state index is 0.0306. The zero-order chi connectivity index (χ0) is 29.6. The molecule has 42 heavy (non-hydrogen) atoms. The fourth-order valence-corrected chi connectivity index (χ4v) is 6.38. The van der Waals surface area contributed by atoms with Crippen LogP contribution < -0.4 is 14.4 Å². The van der Waals surface area contributed by atoms with E-state index in [0.29, 0.717) is 51.0 Å². The largest absolute Gasteiger partial charge is 0.507 e. The Hall–Kier alpha value is -3.86. The van der Waals surface area contributed by atoms with E-state index in [9.17, 15) is 14.7 Å². The Morgan fingerprint density at radius 2 is 1.62 bits per heavy atom. The van der Waals surface area contributed by atoms with Crippen molar-refractivity contribution in [2.24, 2.45) is 0 Å². The predicted molar refractivity (Wildman–Crippen MR) is 166 cm³/mol. The zero-order valence-electron chi connectivity index (χ0n) is 23.0. The van der Waals surface area contributed by atoms with Crippen molar-refractivity contribution in [1.82, 2.24) is 10.2 Å². The molecule has 1 unspecified atom stereocenters. The van der Waals surface area contributed by atoms with Crippen molar-refractivity contribution in [1.29, 1.82) is 0 Å². The first-order valence-corrected chi connectivity index (χ1v) is 15.5. The topological polar surface area (TPSA) is 102 Å². The van der Waals surface area contributed by atoms with Gasteiger partial charge in [-0.3, -0.25) is 14.5 Å². The van der Waals surface area contributed by atoms with Crippen molar-refractivity contribution in [3.63, 3.8) is 0 Å². The van der Waals surface area contributed by atoms with Crippen molar-refractivity contribution in [3.05, 3.63) is 100 Å². The first-order chi connectivity index (χ1) is 20.4. The number of Topliss-reactive ketones (excluding diaryl/α,β-unsaturated/α-hetero) is 1. The first-order valence-electron chi connectivity index (χ1n) is 13.4. The normalized spacial score (nSPS) is 16.2. The Morgan fingerprint density at radius 1 is 0.952 bits per heavy atom. The van der Waals surface area contributed by atoms with Crippen LogP contribution in [0.3, 0.4) is 0 Å². The number of aliphatic hydroxyl groups excluding tert-OH is 1. The number of ether oxygens (including phenoxy) is 2. The second-order valence-corrected chi connectivity index (χ2v) is 11.9. The molecule has 216 valence electrons. The molecule has 1 atom stereocenters. The Labute approximate surface area is 257 Å². The smallest absolute Gasteiger partial charge is 0.301 e. The Balaban J connectivity index is 1.50. The second kappa shape index (κ2) is 13.4. The Bertz CT molecular complexity index is 1590. The van der Waals surface area contributed by atoms with Crippen molar-refractivity contribution in [2.75, 3.05) is 18.1 Å². The highest BCUT2D eigenvalue weighted by Gasteiger charge is 2.48. The van der Waals surface area contributed by atoms with Crippen molar-refractivity contribution in [2.45, 2.75) is 36.4 Å². The molecule has 0 aliphatic carbocycles. The third-order valence-corrected chi connectivity index (χ3v) is 8.81. The first kappa shape index (κ1) is 29.6. The lowest BCUT2D eigenvalue weighted by atomic mass is 9.95. The SMILES string of the molecule is CCCOc1ccc(/C(O)=C2/C(=O)C(=O)N(c3nnc(SCc4ccc(Cl)cc4)s3)C2c2ccc(OCC)cc2)cc1. The third-order valence-electron chi connectivity index (χ3n) is 6.43. The summed E-state index contributed by atoms with van der Waals surface area (Å²) in [5.41, 5.74) is 2.04. The molecule has 3 aromatic carbocycles. The van der Waals surface area contributed by atoms with Crippen molar-refractivity contribution in [3.8, 4) is 11.5 Å². The molecule has 1 aromatic heterocycles. The highest BCUT2D eigenvalue weighted by atomic mass is 35.5. The average molecular weight is 622 g/mol. The van der Waals surface area contributed by atoms with E-state index in [-0.39, 0.29) is 16.5 Å². The van der Waals surface area contributed by atoms with Crippen LogP contribution in [0.25, 0.3) is 5.76 Å². The van der Waals surface area contributed by atoms with Crippen molar-refractivity contribution >= 4 is 57.3 Å². The number of benzene rings is 3. The predicted octanol–water partition coefficient (Wildman–Crippen LogP) is 7.30. The van der Waals surface area contributed by atoms with E-state index >= 15 is 0 Å². The molecule has 0 spiro atoms. The van der Waals surface area contributed by atoms with Gasteiger partial charge in [0.1, 0.15) is 17.3 Å². The lowest BCUT2D eigenvalue weighted by Crippen LogP contribution is -2.29. The minimum atomic E-state index is -0.918. The minimum Gasteiger partial charge on any atom is -0.507 e. The lowest BCUT2D eigenvalue weighted by Gasteiger charge is -2.22. The molecule has 8 nitrogen and oxygen atoms in total. The summed E-state index contributed by atoms with van der Waals surface area (Å²) >= 11 is 8.67. The van der Waals surface area contributed by atoms with Crippen LogP contribution in [-0.4, -0.2) is 40.2 Å². The summed E-state index contributed by atoms with van der Waals surface area (Å²) in [6.45, 7) is 4.96. The molecule has 5 rings (SSSR count). The van der Waals surface area contributed by atoms with Gasteiger partial charge in [0.25, 0.3) is 5.78 Å². The lowest BCUT2D eigenvalue weighted by molar-refractivity contribution is -0.132. The molecule has 1 fully saturated rings. The molecule has 2 heterocycles. The number of aliphatic hydroxyl groups is 1. The van der Waals surface area contributed by atoms with E-state index < -0.39 is 17.7 Å². The quantitative estimate of drug-likeness (QED) is 0.0612. The second-order valence-electron chi connectivity index (χ2n) is 9.31. The van der Waals surface area contributed by atoms with Gasteiger partial charge in [-0.2, -0.15) is 0 Å². The van der Waals surface area contributed by atoms with Gasteiger partial charge in [0, 0.05) is 16.3 Å². The van der Waals surface area contributed by atoms with E-state index in [1.165, 1.54) is 28.0 Å². The van der Waals surface area contributed by atoms with Crippen LogP contribution in [-0.2, 0) is 15.3 Å². The molecule has 1 saturated heterocycles. The highest BCUT2D eigenvalue weighted by molar-refractivity contribution is 8.00. The summed E-state index contributed by atoms with van der Waals surface area (Å²) < 4.78 is 11.9. The third kappa shape index (κ3) is 6.46. The molecular formula is C31H28ClN3O5S2. The number of carbonyl (C=O) groups excluding carboxylic acids is 2. The van der Waals surface area contributed by atoms with E-state index in [4.69, 9.17) is 21.1 Å². The summed E-state index contributed by atoms with van der Waals surface area (Å²) in [4.78, 5) is 28.3. The van der Waals surface area contributed by atoms with Crippen LogP contribution in [0.5, 0.6) is 11.5 Å². The van der Waals surface area contributed by atoms with Gasteiger partial charge >= 0.3 is 5.91 Å². The summed E-state index contributed by atoms with van der Waals surface area (Å²) in [5, 5.41) is 20.9. The van der Waals surface area contributed by atoms with Gasteiger partial charge in [0.15, 0.2) is 4.34 Å². The fourth-order valence-electron chi connectivity index (χ4n) is 4.43. The van der Waals surface area contributed by atoms with E-state index in [2.05, 4.69) is 10.2 Å². The van der Waals surface area contributed by atoms with Gasteiger partial charge < -0.3 is 14.6 Å². The van der Waals surface area contributed by atoms with E-state index in [0.717, 1.165) is 12.0 Å². The molecule has 11 heteroatoms. The number of carbonyl (C=O) groups is 2. The standard InChI is InChI=1S/C31H28ClN3O5S2/c1-3-17-40-24-15-9-21(10-16-24)27(36)25-26(20-7-13-23(14-8-20)39-4-2)35(29(38)28(25)37)30-33-34-31(42-30)41-18-19-5-11-22(32)12-6-19/h5-16,26,36H,3-4,17-18H2,1-2H3/b27-25-. The molecule has 1 aliphatic heterocycles. The number of ketones is 1. The molecule has 0 bridgehead atoms. The number of aromatic nitrogens is 2. The zero-order valence-corrected chi connectivity index (χ0v) is 25.3. The number of thioether (sulfide) groups is 1. The van der Waals surface area contributed by atoms with Gasteiger partial charge in [-0.25, -0.2) is 0 Å². The van der Waals surface area contributed by atoms with Crippen LogP contribution in [0.15, 0.2) is 82.7 Å². The van der Waals surface area contributed by atoms with Gasteiger partial charge in [0.2, 0.25) is 5.13 Å². The van der Waals surface area contributed by atoms with E-state index in [1.54, 1.807) is 48.5 Å².